The Morgan fingerprint density at radius 2 is 2.29 bits per heavy atom. The van der Waals surface area contributed by atoms with E-state index in [2.05, 4.69) is 5.32 Å². The second kappa shape index (κ2) is 5.80. The monoisotopic (exact) mass is 239 g/mol. The minimum atomic E-state index is -0.569. The number of nitro benzene ring substituents is 1. The van der Waals surface area contributed by atoms with Crippen LogP contribution in [-0.2, 0) is 0 Å². The molecule has 0 spiro atoms. The van der Waals surface area contributed by atoms with E-state index < -0.39 is 4.92 Å². The van der Waals surface area contributed by atoms with Gasteiger partial charge in [-0.3, -0.25) is 14.9 Å². The Labute approximate surface area is 97.7 Å². The predicted octanol–water partition coefficient (Wildman–Crippen LogP) is 0.292. The van der Waals surface area contributed by atoms with Crippen molar-refractivity contribution in [2.75, 3.05) is 20.2 Å². The second-order valence-electron chi connectivity index (χ2n) is 3.19. The first-order valence-electron chi connectivity index (χ1n) is 4.91. The number of ether oxygens (including phenoxy) is 1. The standard InChI is InChI=1S/C10H13N3O4/c1-17-9-6-7(10(14)12-5-4-11)2-3-8(9)13(15)16/h2-3,6H,4-5,11H2,1H3,(H,12,14). The highest BCUT2D eigenvalue weighted by Gasteiger charge is 2.16. The van der Waals surface area contributed by atoms with Crippen LogP contribution in [0.4, 0.5) is 5.69 Å². The van der Waals surface area contributed by atoms with Gasteiger partial charge in [-0.25, -0.2) is 0 Å². The largest absolute Gasteiger partial charge is 0.490 e. The number of nitrogens with two attached hydrogens (primary N) is 1. The van der Waals surface area contributed by atoms with Gasteiger partial charge in [-0.15, -0.1) is 0 Å². The maximum Gasteiger partial charge on any atom is 0.310 e. The van der Waals surface area contributed by atoms with Crippen LogP contribution in [0, 0.1) is 10.1 Å². The number of nitro groups is 1. The molecule has 0 aliphatic rings. The van der Waals surface area contributed by atoms with Crippen molar-refractivity contribution >= 4 is 11.6 Å². The minimum Gasteiger partial charge on any atom is -0.490 e. The smallest absolute Gasteiger partial charge is 0.310 e. The van der Waals surface area contributed by atoms with Gasteiger partial charge in [-0.1, -0.05) is 0 Å². The summed E-state index contributed by atoms with van der Waals surface area (Å²) in [5.41, 5.74) is 5.36. The van der Waals surface area contributed by atoms with Crippen molar-refractivity contribution in [3.8, 4) is 5.75 Å². The van der Waals surface area contributed by atoms with Crippen molar-refractivity contribution in [3.63, 3.8) is 0 Å². The van der Waals surface area contributed by atoms with Crippen LogP contribution in [0.5, 0.6) is 5.75 Å². The van der Waals surface area contributed by atoms with E-state index >= 15 is 0 Å². The lowest BCUT2D eigenvalue weighted by molar-refractivity contribution is -0.385. The number of amides is 1. The van der Waals surface area contributed by atoms with Crippen molar-refractivity contribution in [3.05, 3.63) is 33.9 Å². The highest BCUT2D eigenvalue weighted by molar-refractivity contribution is 5.95. The van der Waals surface area contributed by atoms with Gasteiger partial charge in [0, 0.05) is 30.8 Å². The Balaban J connectivity index is 2.97. The third-order valence-corrected chi connectivity index (χ3v) is 2.07. The number of nitrogens with zero attached hydrogens (tertiary/aromatic N) is 1. The number of methoxy groups -OCH3 is 1. The lowest BCUT2D eigenvalue weighted by atomic mass is 10.2. The van der Waals surface area contributed by atoms with E-state index in [1.165, 1.54) is 25.3 Å². The van der Waals surface area contributed by atoms with Crippen molar-refractivity contribution < 1.29 is 14.5 Å². The van der Waals surface area contributed by atoms with Crippen LogP contribution >= 0.6 is 0 Å². The first-order chi connectivity index (χ1) is 8.10. The summed E-state index contributed by atoms with van der Waals surface area (Å²) in [6, 6.07) is 3.92. The molecule has 0 saturated carbocycles. The summed E-state index contributed by atoms with van der Waals surface area (Å²) in [6.07, 6.45) is 0. The molecule has 0 heterocycles. The first-order valence-corrected chi connectivity index (χ1v) is 4.91. The maximum absolute atomic E-state index is 11.6. The number of hydrogen-bond acceptors (Lipinski definition) is 5. The van der Waals surface area contributed by atoms with Crippen LogP contribution in [-0.4, -0.2) is 31.0 Å². The number of hydrogen-bond donors (Lipinski definition) is 2. The molecule has 1 aromatic carbocycles. The van der Waals surface area contributed by atoms with Gasteiger partial charge in [0.05, 0.1) is 12.0 Å². The molecular weight excluding hydrogens is 226 g/mol. The summed E-state index contributed by atoms with van der Waals surface area (Å²) in [5, 5.41) is 13.2. The zero-order valence-electron chi connectivity index (χ0n) is 9.30. The van der Waals surface area contributed by atoms with Crippen LogP contribution in [0.3, 0.4) is 0 Å². The molecule has 92 valence electrons. The molecule has 7 nitrogen and oxygen atoms in total. The Kier molecular flexibility index (Phi) is 4.41. The number of carbonyl (C=O) groups excluding carboxylic acids is 1. The topological polar surface area (TPSA) is 107 Å². The van der Waals surface area contributed by atoms with Gasteiger partial charge < -0.3 is 15.8 Å². The average molecular weight is 239 g/mol. The average Bonchev–Trinajstić information content (AvgIpc) is 2.34. The van der Waals surface area contributed by atoms with Crippen molar-refractivity contribution in [2.45, 2.75) is 0 Å². The third kappa shape index (κ3) is 3.15. The Bertz CT molecular complexity index is 434. The molecule has 0 bridgehead atoms. The Morgan fingerprint density at radius 1 is 1.59 bits per heavy atom. The third-order valence-electron chi connectivity index (χ3n) is 2.07. The lowest BCUT2D eigenvalue weighted by Crippen LogP contribution is -2.28. The van der Waals surface area contributed by atoms with Crippen molar-refractivity contribution in [2.24, 2.45) is 5.73 Å². The molecule has 0 atom stereocenters. The summed E-state index contributed by atoms with van der Waals surface area (Å²) < 4.78 is 4.86. The number of benzene rings is 1. The maximum atomic E-state index is 11.6. The first kappa shape index (κ1) is 12.9. The summed E-state index contributed by atoms with van der Waals surface area (Å²) in [7, 11) is 1.31. The lowest BCUT2D eigenvalue weighted by Gasteiger charge is -2.06. The van der Waals surface area contributed by atoms with Crippen LogP contribution in [0.1, 0.15) is 10.4 Å². The van der Waals surface area contributed by atoms with E-state index in [0.29, 0.717) is 18.7 Å². The predicted molar refractivity (Wildman–Crippen MR) is 61.0 cm³/mol. The van der Waals surface area contributed by atoms with Crippen molar-refractivity contribution in [1.29, 1.82) is 0 Å². The number of nitrogens with one attached hydrogen (secondary N) is 1. The van der Waals surface area contributed by atoms with Gasteiger partial charge >= 0.3 is 5.69 Å². The van der Waals surface area contributed by atoms with Crippen molar-refractivity contribution in [1.82, 2.24) is 5.32 Å². The fraction of sp³-hybridized carbons (Fsp3) is 0.300. The molecule has 7 heteroatoms. The van der Waals surface area contributed by atoms with Crippen LogP contribution in [0.15, 0.2) is 18.2 Å². The fourth-order valence-electron chi connectivity index (χ4n) is 1.26. The zero-order chi connectivity index (χ0) is 12.8. The van der Waals surface area contributed by atoms with Gasteiger partial charge in [0.2, 0.25) is 0 Å². The molecule has 1 rings (SSSR count). The van der Waals surface area contributed by atoms with Gasteiger partial charge in [-0.2, -0.15) is 0 Å². The SMILES string of the molecule is COc1cc(C(=O)NCCN)ccc1[N+](=O)[O-]. The molecule has 1 amide bonds. The molecule has 0 aliphatic heterocycles. The van der Waals surface area contributed by atoms with Gasteiger partial charge in [0.25, 0.3) is 5.91 Å². The number of carbonyl (C=O) groups is 1. The van der Waals surface area contributed by atoms with E-state index in [0.717, 1.165) is 0 Å². The molecule has 3 N–H and O–H groups in total. The van der Waals surface area contributed by atoms with Crippen LogP contribution < -0.4 is 15.8 Å². The van der Waals surface area contributed by atoms with E-state index in [1.54, 1.807) is 0 Å². The van der Waals surface area contributed by atoms with E-state index in [-0.39, 0.29) is 17.3 Å². The van der Waals surface area contributed by atoms with E-state index in [4.69, 9.17) is 10.5 Å². The van der Waals surface area contributed by atoms with E-state index in [1.807, 2.05) is 0 Å². The quantitative estimate of drug-likeness (QED) is 0.567. The van der Waals surface area contributed by atoms with Gasteiger partial charge in [-0.05, 0) is 6.07 Å². The zero-order valence-corrected chi connectivity index (χ0v) is 9.30. The van der Waals surface area contributed by atoms with E-state index in [9.17, 15) is 14.9 Å². The molecule has 0 fully saturated rings. The van der Waals surface area contributed by atoms with Gasteiger partial charge in [0.15, 0.2) is 5.75 Å². The Morgan fingerprint density at radius 3 is 2.82 bits per heavy atom. The normalized spacial score (nSPS) is 9.76. The Hall–Kier alpha value is -2.15. The molecule has 17 heavy (non-hydrogen) atoms. The summed E-state index contributed by atoms with van der Waals surface area (Å²) >= 11 is 0. The summed E-state index contributed by atoms with van der Waals surface area (Å²) in [5.74, 6) is -0.293. The highest BCUT2D eigenvalue weighted by Crippen LogP contribution is 2.27. The number of rotatable bonds is 5. The molecule has 0 saturated heterocycles. The summed E-state index contributed by atoms with van der Waals surface area (Å²) in [4.78, 5) is 21.6. The molecule has 1 aromatic rings. The molecular formula is C10H13N3O4. The van der Waals surface area contributed by atoms with Crippen LogP contribution in [0.2, 0.25) is 0 Å². The molecule has 0 unspecified atom stereocenters. The minimum absolute atomic E-state index is 0.0513. The fourth-order valence-corrected chi connectivity index (χ4v) is 1.26. The van der Waals surface area contributed by atoms with Crippen LogP contribution in [0.25, 0.3) is 0 Å². The molecule has 0 aliphatic carbocycles. The molecule has 0 radical (unpaired) electrons. The highest BCUT2D eigenvalue weighted by atomic mass is 16.6. The second-order valence-corrected chi connectivity index (χ2v) is 3.19. The summed E-state index contributed by atoms with van der Waals surface area (Å²) in [6.45, 7) is 0.675. The molecule has 0 aromatic heterocycles. The van der Waals surface area contributed by atoms with Gasteiger partial charge in [0.1, 0.15) is 0 Å².